The van der Waals surface area contributed by atoms with E-state index in [-0.39, 0.29) is 11.3 Å². The summed E-state index contributed by atoms with van der Waals surface area (Å²) in [6, 6.07) is 1.66. The molecule has 1 aromatic rings. The summed E-state index contributed by atoms with van der Waals surface area (Å²) in [4.78, 5) is 0. The van der Waals surface area contributed by atoms with Crippen molar-refractivity contribution in [3.8, 4) is 0 Å². The molecule has 1 aromatic carbocycles. The number of aliphatic hydroxyl groups is 2. The van der Waals surface area contributed by atoms with Crippen LogP contribution in [0.2, 0.25) is 0 Å². The Balaban J connectivity index is 3.14. The Bertz CT molecular complexity index is 394. The maximum absolute atomic E-state index is 13.0. The molecule has 0 amide bonds. The number of hydrogen-bond donors (Lipinski definition) is 3. The Morgan fingerprint density at radius 2 is 1.76 bits per heavy atom. The molecular weight excluding hydrogens is 260 g/mol. The summed E-state index contributed by atoms with van der Waals surface area (Å²) in [5, 5.41) is 18.7. The van der Waals surface area contributed by atoms with Gasteiger partial charge < -0.3 is 10.2 Å². The highest BCUT2D eigenvalue weighted by Gasteiger charge is 2.32. The van der Waals surface area contributed by atoms with Gasteiger partial charge in [0.25, 0.3) is 0 Å². The van der Waals surface area contributed by atoms with E-state index in [1.54, 1.807) is 0 Å². The summed E-state index contributed by atoms with van der Waals surface area (Å²) < 4.78 is 50.1. The molecule has 96 valence electrons. The zero-order valence-electron chi connectivity index (χ0n) is 8.45. The van der Waals surface area contributed by atoms with E-state index in [0.717, 1.165) is 6.07 Å². The van der Waals surface area contributed by atoms with Crippen LogP contribution < -0.4 is 0 Å². The number of halogens is 4. The minimum absolute atomic E-state index is 0.154. The fraction of sp³-hybridized carbons (Fsp3) is 0.400. The Labute approximate surface area is 100 Å². The van der Waals surface area contributed by atoms with E-state index in [9.17, 15) is 27.8 Å². The van der Waals surface area contributed by atoms with Gasteiger partial charge in [0.2, 0.25) is 0 Å². The lowest BCUT2D eigenvalue weighted by Crippen LogP contribution is -2.20. The van der Waals surface area contributed by atoms with Crippen LogP contribution in [0.15, 0.2) is 18.2 Å². The first kappa shape index (κ1) is 14.3. The predicted molar refractivity (Wildman–Crippen MR) is 56.2 cm³/mol. The summed E-state index contributed by atoms with van der Waals surface area (Å²) in [7, 11) is 0. The highest BCUT2D eigenvalue weighted by molar-refractivity contribution is 7.80. The third-order valence-corrected chi connectivity index (χ3v) is 2.51. The lowest BCUT2D eigenvalue weighted by molar-refractivity contribution is -0.137. The molecule has 1 rings (SSSR count). The standard InChI is InChI=1S/C10H10F4O2S/c11-7-2-5(9(16)8(15)4-17)1-6(3-7)10(12,13)14/h1-3,8-9,15-17H,4H2. The van der Waals surface area contributed by atoms with Crippen molar-refractivity contribution in [2.45, 2.75) is 18.4 Å². The van der Waals surface area contributed by atoms with Crippen LogP contribution in [0.4, 0.5) is 17.6 Å². The molecular formula is C10H10F4O2S. The minimum atomic E-state index is -4.71. The van der Waals surface area contributed by atoms with Gasteiger partial charge in [0.05, 0.1) is 11.7 Å². The molecule has 0 saturated carbocycles. The number of hydrogen-bond acceptors (Lipinski definition) is 3. The third-order valence-electron chi connectivity index (χ3n) is 2.14. The Morgan fingerprint density at radius 1 is 1.18 bits per heavy atom. The van der Waals surface area contributed by atoms with Crippen molar-refractivity contribution in [3.05, 3.63) is 35.1 Å². The molecule has 0 radical (unpaired) electrons. The summed E-state index contributed by atoms with van der Waals surface area (Å²) in [6.45, 7) is 0. The molecule has 0 fully saturated rings. The zero-order chi connectivity index (χ0) is 13.2. The first-order valence-corrected chi connectivity index (χ1v) is 5.23. The molecule has 0 aliphatic heterocycles. The highest BCUT2D eigenvalue weighted by atomic mass is 32.1. The number of benzene rings is 1. The molecule has 0 aliphatic rings. The van der Waals surface area contributed by atoms with Crippen LogP contribution in [-0.4, -0.2) is 22.1 Å². The number of rotatable bonds is 3. The molecule has 2 N–H and O–H groups in total. The van der Waals surface area contributed by atoms with E-state index in [1.807, 2.05) is 0 Å². The molecule has 0 bridgehead atoms. The van der Waals surface area contributed by atoms with Crippen LogP contribution in [0.3, 0.4) is 0 Å². The van der Waals surface area contributed by atoms with Crippen LogP contribution >= 0.6 is 12.6 Å². The Kier molecular flexibility index (Phi) is 4.40. The van der Waals surface area contributed by atoms with Crippen LogP contribution in [0.1, 0.15) is 17.2 Å². The average Bonchev–Trinajstić information content (AvgIpc) is 2.25. The van der Waals surface area contributed by atoms with Gasteiger partial charge >= 0.3 is 6.18 Å². The fourth-order valence-corrected chi connectivity index (χ4v) is 1.47. The second-order valence-corrected chi connectivity index (χ2v) is 3.83. The van der Waals surface area contributed by atoms with Gasteiger partial charge in [-0.25, -0.2) is 4.39 Å². The Hall–Kier alpha value is -0.790. The average molecular weight is 270 g/mol. The first-order valence-electron chi connectivity index (χ1n) is 4.60. The molecule has 7 heteroatoms. The van der Waals surface area contributed by atoms with E-state index >= 15 is 0 Å². The van der Waals surface area contributed by atoms with Crippen molar-refractivity contribution in [1.82, 2.24) is 0 Å². The van der Waals surface area contributed by atoms with Crippen molar-refractivity contribution in [2.24, 2.45) is 0 Å². The smallest absolute Gasteiger partial charge is 0.389 e. The maximum atomic E-state index is 13.0. The summed E-state index contributed by atoms with van der Waals surface area (Å²) >= 11 is 3.69. The zero-order valence-corrected chi connectivity index (χ0v) is 9.34. The van der Waals surface area contributed by atoms with Crippen molar-refractivity contribution in [3.63, 3.8) is 0 Å². The minimum Gasteiger partial charge on any atom is -0.389 e. The Morgan fingerprint density at radius 3 is 2.24 bits per heavy atom. The summed E-state index contributed by atoms with van der Waals surface area (Å²) in [6.07, 6.45) is -7.67. The summed E-state index contributed by atoms with van der Waals surface area (Å²) in [5.74, 6) is -1.28. The van der Waals surface area contributed by atoms with E-state index in [4.69, 9.17) is 0 Å². The van der Waals surface area contributed by atoms with Crippen LogP contribution in [-0.2, 0) is 6.18 Å². The van der Waals surface area contributed by atoms with Crippen molar-refractivity contribution >= 4 is 12.6 Å². The quantitative estimate of drug-likeness (QED) is 0.582. The predicted octanol–water partition coefficient (Wildman–Crippen LogP) is 2.17. The topological polar surface area (TPSA) is 40.5 Å². The molecule has 0 aromatic heterocycles. The molecule has 0 spiro atoms. The molecule has 0 aliphatic carbocycles. The molecule has 2 nitrogen and oxygen atoms in total. The van der Waals surface area contributed by atoms with Crippen molar-refractivity contribution < 1.29 is 27.8 Å². The number of thiol groups is 1. The number of aliphatic hydroxyl groups excluding tert-OH is 2. The first-order chi connectivity index (χ1) is 7.75. The third kappa shape index (κ3) is 3.58. The van der Waals surface area contributed by atoms with Crippen LogP contribution in [0.25, 0.3) is 0 Å². The lowest BCUT2D eigenvalue weighted by Gasteiger charge is -2.17. The van der Waals surface area contributed by atoms with Crippen molar-refractivity contribution in [2.75, 3.05) is 5.75 Å². The second kappa shape index (κ2) is 5.24. The lowest BCUT2D eigenvalue weighted by atomic mass is 10.0. The van der Waals surface area contributed by atoms with Crippen LogP contribution in [0.5, 0.6) is 0 Å². The second-order valence-electron chi connectivity index (χ2n) is 3.47. The molecule has 17 heavy (non-hydrogen) atoms. The van der Waals surface area contributed by atoms with E-state index in [1.165, 1.54) is 0 Å². The normalized spacial score (nSPS) is 15.7. The maximum Gasteiger partial charge on any atom is 0.416 e. The molecule has 0 heterocycles. The molecule has 2 unspecified atom stereocenters. The highest BCUT2D eigenvalue weighted by Crippen LogP contribution is 2.32. The molecule has 0 saturated heterocycles. The van der Waals surface area contributed by atoms with Gasteiger partial charge in [0.15, 0.2) is 0 Å². The van der Waals surface area contributed by atoms with Gasteiger partial charge in [-0.2, -0.15) is 25.8 Å². The van der Waals surface area contributed by atoms with Gasteiger partial charge in [0, 0.05) is 5.75 Å². The monoisotopic (exact) mass is 270 g/mol. The van der Waals surface area contributed by atoms with E-state index < -0.39 is 29.8 Å². The van der Waals surface area contributed by atoms with E-state index in [0.29, 0.717) is 12.1 Å². The van der Waals surface area contributed by atoms with Gasteiger partial charge in [-0.15, -0.1) is 0 Å². The van der Waals surface area contributed by atoms with Gasteiger partial charge in [-0.1, -0.05) is 0 Å². The van der Waals surface area contributed by atoms with Gasteiger partial charge in [-0.05, 0) is 23.8 Å². The van der Waals surface area contributed by atoms with Crippen LogP contribution in [0, 0.1) is 5.82 Å². The van der Waals surface area contributed by atoms with Gasteiger partial charge in [0.1, 0.15) is 11.9 Å². The van der Waals surface area contributed by atoms with Gasteiger partial charge in [-0.3, -0.25) is 0 Å². The van der Waals surface area contributed by atoms with E-state index in [2.05, 4.69) is 12.6 Å². The largest absolute Gasteiger partial charge is 0.416 e. The fourth-order valence-electron chi connectivity index (χ4n) is 1.27. The number of alkyl halides is 3. The SMILES string of the molecule is OC(CS)C(O)c1cc(F)cc(C(F)(F)F)c1. The van der Waals surface area contributed by atoms with Crippen molar-refractivity contribution in [1.29, 1.82) is 0 Å². The molecule has 2 atom stereocenters. The summed E-state index contributed by atoms with van der Waals surface area (Å²) in [5.41, 5.74) is -1.54.